The minimum Gasteiger partial charge on any atom is -0.298 e. The minimum absolute atomic E-state index is 0.192. The number of anilines is 1. The maximum Gasteiger partial charge on any atom is 0.258 e. The van der Waals surface area contributed by atoms with E-state index in [0.717, 1.165) is 33.4 Å². The van der Waals surface area contributed by atoms with Crippen LogP contribution in [0.3, 0.4) is 0 Å². The molecule has 0 aliphatic carbocycles. The van der Waals surface area contributed by atoms with E-state index in [9.17, 15) is 4.79 Å². The van der Waals surface area contributed by atoms with Gasteiger partial charge in [-0.05, 0) is 43.2 Å². The summed E-state index contributed by atoms with van der Waals surface area (Å²) in [6.45, 7) is 4.17. The number of amides is 1. The zero-order valence-electron chi connectivity index (χ0n) is 17.8. The van der Waals surface area contributed by atoms with Crippen molar-refractivity contribution in [2.24, 2.45) is 0 Å². The summed E-state index contributed by atoms with van der Waals surface area (Å²) < 4.78 is 0. The molecule has 0 saturated carbocycles. The molecule has 2 heterocycles. The lowest BCUT2D eigenvalue weighted by molar-refractivity contribution is 0.102. The molecule has 0 radical (unpaired) electrons. The van der Waals surface area contributed by atoms with Crippen molar-refractivity contribution in [2.75, 3.05) is 5.32 Å². The molecule has 0 fully saturated rings. The number of pyridine rings is 1. The number of nitrogens with one attached hydrogen (secondary N) is 1. The summed E-state index contributed by atoms with van der Waals surface area (Å²) in [6.07, 6.45) is 0. The predicted molar refractivity (Wildman–Crippen MR) is 132 cm³/mol. The molecule has 5 heteroatoms. The van der Waals surface area contributed by atoms with Crippen LogP contribution in [0.5, 0.6) is 0 Å². The number of thiazole rings is 1. The lowest BCUT2D eigenvalue weighted by Gasteiger charge is -2.11. The van der Waals surface area contributed by atoms with Crippen LogP contribution in [0, 0.1) is 13.8 Å². The first-order valence-electron chi connectivity index (χ1n) is 10.4. The van der Waals surface area contributed by atoms with Gasteiger partial charge >= 0.3 is 0 Å². The highest BCUT2D eigenvalue weighted by Crippen LogP contribution is 2.29. The van der Waals surface area contributed by atoms with E-state index < -0.39 is 0 Å². The Labute approximate surface area is 190 Å². The van der Waals surface area contributed by atoms with Gasteiger partial charge in [0.2, 0.25) is 0 Å². The van der Waals surface area contributed by atoms with E-state index >= 15 is 0 Å². The van der Waals surface area contributed by atoms with E-state index in [1.54, 1.807) is 0 Å². The van der Waals surface area contributed by atoms with Crippen LogP contribution >= 0.6 is 11.3 Å². The first-order chi connectivity index (χ1) is 15.6. The van der Waals surface area contributed by atoms with Gasteiger partial charge in [-0.15, -0.1) is 11.3 Å². The Morgan fingerprint density at radius 2 is 1.56 bits per heavy atom. The molecule has 0 unspecified atom stereocenters. The Morgan fingerprint density at radius 1 is 0.781 bits per heavy atom. The quantitative estimate of drug-likeness (QED) is 0.334. The molecule has 32 heavy (non-hydrogen) atoms. The van der Waals surface area contributed by atoms with Gasteiger partial charge in [0.05, 0.1) is 22.5 Å². The molecule has 156 valence electrons. The smallest absolute Gasteiger partial charge is 0.258 e. The number of fused-ring (bicyclic) bond motifs is 1. The average molecular weight is 436 g/mol. The van der Waals surface area contributed by atoms with E-state index in [-0.39, 0.29) is 5.91 Å². The van der Waals surface area contributed by atoms with Gasteiger partial charge in [0, 0.05) is 21.9 Å². The number of benzene rings is 3. The number of rotatable bonds is 4. The Morgan fingerprint density at radius 3 is 2.38 bits per heavy atom. The lowest BCUT2D eigenvalue weighted by atomic mass is 10.0. The van der Waals surface area contributed by atoms with Crippen molar-refractivity contribution in [1.29, 1.82) is 0 Å². The van der Waals surface area contributed by atoms with Gasteiger partial charge in [-0.3, -0.25) is 10.1 Å². The maximum atomic E-state index is 13.3. The van der Waals surface area contributed by atoms with Gasteiger partial charge in [0.15, 0.2) is 5.13 Å². The molecular formula is C27H21N3OS. The Kier molecular flexibility index (Phi) is 5.25. The summed E-state index contributed by atoms with van der Waals surface area (Å²) >= 11 is 1.42. The fourth-order valence-electron chi connectivity index (χ4n) is 3.65. The largest absolute Gasteiger partial charge is 0.298 e. The number of nitrogens with zero attached hydrogens (tertiary/aromatic N) is 2. The summed E-state index contributed by atoms with van der Waals surface area (Å²) in [4.78, 5) is 22.7. The van der Waals surface area contributed by atoms with Gasteiger partial charge < -0.3 is 0 Å². The van der Waals surface area contributed by atoms with Gasteiger partial charge in [0.25, 0.3) is 5.91 Å². The third-order valence-electron chi connectivity index (χ3n) is 5.56. The molecule has 0 aliphatic heterocycles. The number of hydrogen-bond acceptors (Lipinski definition) is 4. The molecule has 1 N–H and O–H groups in total. The van der Waals surface area contributed by atoms with Crippen LogP contribution in [0.4, 0.5) is 5.13 Å². The third kappa shape index (κ3) is 3.90. The molecule has 2 aromatic heterocycles. The maximum absolute atomic E-state index is 13.3. The van der Waals surface area contributed by atoms with Crippen LogP contribution in [0.25, 0.3) is 33.4 Å². The number of aryl methyl sites for hydroxylation is 2. The molecule has 4 nitrogen and oxygen atoms in total. The topological polar surface area (TPSA) is 54.9 Å². The second-order valence-electron chi connectivity index (χ2n) is 7.73. The first-order valence-corrected chi connectivity index (χ1v) is 11.3. The molecule has 1 amide bonds. The molecule has 0 aliphatic rings. The average Bonchev–Trinajstić information content (AvgIpc) is 3.29. The minimum atomic E-state index is -0.192. The summed E-state index contributed by atoms with van der Waals surface area (Å²) in [6, 6.07) is 25.8. The van der Waals surface area contributed by atoms with Crippen molar-refractivity contribution < 1.29 is 4.79 Å². The normalized spacial score (nSPS) is 10.9. The van der Waals surface area contributed by atoms with Gasteiger partial charge in [-0.1, -0.05) is 60.7 Å². The molecular weight excluding hydrogens is 414 g/mol. The van der Waals surface area contributed by atoms with Crippen molar-refractivity contribution >= 4 is 33.3 Å². The zero-order chi connectivity index (χ0) is 22.1. The first kappa shape index (κ1) is 20.1. The number of carbonyl (C=O) groups is 1. The fraction of sp³-hybridized carbons (Fsp3) is 0.0741. The third-order valence-corrected chi connectivity index (χ3v) is 6.32. The highest BCUT2D eigenvalue weighted by atomic mass is 32.1. The predicted octanol–water partition coefficient (Wildman–Crippen LogP) is 6.89. The van der Waals surface area contributed by atoms with Crippen molar-refractivity contribution in [2.45, 2.75) is 13.8 Å². The highest BCUT2D eigenvalue weighted by molar-refractivity contribution is 7.14. The van der Waals surface area contributed by atoms with E-state index in [2.05, 4.69) is 36.3 Å². The van der Waals surface area contributed by atoms with E-state index in [4.69, 9.17) is 4.98 Å². The number of carbonyl (C=O) groups excluding carboxylic acids is 1. The molecule has 5 aromatic rings. The molecule has 0 atom stereocenters. The Bertz CT molecular complexity index is 1440. The van der Waals surface area contributed by atoms with Crippen molar-refractivity contribution in [1.82, 2.24) is 9.97 Å². The molecule has 0 spiro atoms. The van der Waals surface area contributed by atoms with Gasteiger partial charge in [0.1, 0.15) is 0 Å². The Hall–Kier alpha value is -3.83. The standard InChI is InChI=1S/C27H21N3OS/c1-17-12-13-20(14-18(17)2)24-15-22(21-10-6-7-11-23(21)28-24)26(31)30-27-29-25(16-32-27)19-8-4-3-5-9-19/h3-16H,1-2H3,(H,29,30,31). The van der Waals surface area contributed by atoms with E-state index in [1.165, 1.54) is 22.5 Å². The molecule has 0 bridgehead atoms. The van der Waals surface area contributed by atoms with Crippen LogP contribution in [0.2, 0.25) is 0 Å². The van der Waals surface area contributed by atoms with E-state index in [1.807, 2.05) is 72.1 Å². The second-order valence-corrected chi connectivity index (χ2v) is 8.59. The van der Waals surface area contributed by atoms with Crippen LogP contribution < -0.4 is 5.32 Å². The van der Waals surface area contributed by atoms with Crippen LogP contribution in [0.1, 0.15) is 21.5 Å². The summed E-state index contributed by atoms with van der Waals surface area (Å²) in [7, 11) is 0. The van der Waals surface area contributed by atoms with Gasteiger partial charge in [-0.2, -0.15) is 0 Å². The van der Waals surface area contributed by atoms with E-state index in [0.29, 0.717) is 10.7 Å². The summed E-state index contributed by atoms with van der Waals surface area (Å²) in [5.74, 6) is -0.192. The van der Waals surface area contributed by atoms with Crippen LogP contribution in [0.15, 0.2) is 84.2 Å². The van der Waals surface area contributed by atoms with Crippen LogP contribution in [-0.2, 0) is 0 Å². The van der Waals surface area contributed by atoms with Crippen molar-refractivity contribution in [3.05, 3.63) is 101 Å². The number of aromatic nitrogens is 2. The summed E-state index contributed by atoms with van der Waals surface area (Å²) in [5.41, 5.74) is 7.44. The number of hydrogen-bond donors (Lipinski definition) is 1. The zero-order valence-corrected chi connectivity index (χ0v) is 18.6. The monoisotopic (exact) mass is 435 g/mol. The molecule has 5 rings (SSSR count). The lowest BCUT2D eigenvalue weighted by Crippen LogP contribution is -2.13. The number of para-hydroxylation sites is 1. The second kappa shape index (κ2) is 8.36. The van der Waals surface area contributed by atoms with Crippen LogP contribution in [-0.4, -0.2) is 15.9 Å². The SMILES string of the molecule is Cc1ccc(-c2cc(C(=O)Nc3nc(-c4ccccc4)cs3)c3ccccc3n2)cc1C. The fourth-order valence-corrected chi connectivity index (χ4v) is 4.36. The Balaban J connectivity index is 1.52. The van der Waals surface area contributed by atoms with Gasteiger partial charge in [-0.25, -0.2) is 9.97 Å². The highest BCUT2D eigenvalue weighted by Gasteiger charge is 2.16. The summed E-state index contributed by atoms with van der Waals surface area (Å²) in [5, 5.41) is 6.32. The van der Waals surface area contributed by atoms with Crippen molar-refractivity contribution in [3.8, 4) is 22.5 Å². The van der Waals surface area contributed by atoms with Crippen molar-refractivity contribution in [3.63, 3.8) is 0 Å². The molecule has 0 saturated heterocycles. The molecule has 3 aromatic carbocycles.